The number of pyridine rings is 1. The molecule has 0 atom stereocenters. The van der Waals surface area contributed by atoms with Gasteiger partial charge in [-0.25, -0.2) is 9.78 Å². The number of methoxy groups -OCH3 is 2. The topological polar surface area (TPSA) is 57.7 Å². The number of rotatable bonds is 3. The monoisotopic (exact) mass is 265 g/mol. The van der Waals surface area contributed by atoms with Crippen LogP contribution in [0.25, 0.3) is 0 Å². The molecule has 0 bridgehead atoms. The van der Waals surface area contributed by atoms with Crippen LogP contribution in [0.1, 0.15) is 16.1 Å². The maximum Gasteiger partial charge on any atom is 0.574 e. The van der Waals surface area contributed by atoms with Crippen molar-refractivity contribution in [3.8, 4) is 11.6 Å². The molecule has 1 rings (SSSR count). The molecule has 0 aromatic carbocycles. The van der Waals surface area contributed by atoms with E-state index < -0.39 is 18.2 Å². The van der Waals surface area contributed by atoms with Gasteiger partial charge in [-0.05, 0) is 6.92 Å². The van der Waals surface area contributed by atoms with Crippen LogP contribution in [0.3, 0.4) is 0 Å². The molecule has 0 fully saturated rings. The smallest absolute Gasteiger partial charge is 0.491 e. The Morgan fingerprint density at radius 2 is 1.94 bits per heavy atom. The first-order valence-corrected chi connectivity index (χ1v) is 4.68. The average Bonchev–Trinajstić information content (AvgIpc) is 2.26. The lowest BCUT2D eigenvalue weighted by atomic mass is 10.2. The van der Waals surface area contributed by atoms with E-state index in [2.05, 4.69) is 19.2 Å². The Morgan fingerprint density at radius 1 is 1.33 bits per heavy atom. The van der Waals surface area contributed by atoms with Crippen LogP contribution in [-0.4, -0.2) is 31.5 Å². The van der Waals surface area contributed by atoms with E-state index in [-0.39, 0.29) is 17.0 Å². The second-order valence-electron chi connectivity index (χ2n) is 3.17. The first kappa shape index (κ1) is 14.1. The van der Waals surface area contributed by atoms with Gasteiger partial charge in [-0.15, -0.1) is 13.2 Å². The maximum atomic E-state index is 12.1. The molecule has 0 unspecified atom stereocenters. The summed E-state index contributed by atoms with van der Waals surface area (Å²) >= 11 is 0. The van der Waals surface area contributed by atoms with Crippen molar-refractivity contribution in [2.45, 2.75) is 13.3 Å². The molecule has 1 aromatic heterocycles. The number of nitrogens with zero attached hydrogens (tertiary/aromatic N) is 1. The predicted molar refractivity (Wildman–Crippen MR) is 53.5 cm³/mol. The normalized spacial score (nSPS) is 11.0. The van der Waals surface area contributed by atoms with Crippen molar-refractivity contribution in [2.24, 2.45) is 0 Å². The van der Waals surface area contributed by atoms with Crippen LogP contribution < -0.4 is 9.47 Å². The predicted octanol–water partition coefficient (Wildman–Crippen LogP) is 2.08. The Bertz CT molecular complexity index is 459. The molecule has 0 saturated heterocycles. The standard InChI is InChI=1S/C10H10F3NO4/c1-5-6(9(15)17-3)4-7(16-2)8(14-5)18-10(11,12)13/h4H,1-3H3. The van der Waals surface area contributed by atoms with Gasteiger partial charge in [0.1, 0.15) is 0 Å². The van der Waals surface area contributed by atoms with E-state index in [1.165, 1.54) is 6.92 Å². The molecule has 5 nitrogen and oxygen atoms in total. The summed E-state index contributed by atoms with van der Waals surface area (Å²) in [7, 11) is 2.28. The van der Waals surface area contributed by atoms with Gasteiger partial charge in [0.2, 0.25) is 0 Å². The van der Waals surface area contributed by atoms with Crippen molar-refractivity contribution in [2.75, 3.05) is 14.2 Å². The number of alkyl halides is 3. The highest BCUT2D eigenvalue weighted by Gasteiger charge is 2.34. The van der Waals surface area contributed by atoms with Crippen molar-refractivity contribution >= 4 is 5.97 Å². The van der Waals surface area contributed by atoms with Gasteiger partial charge in [0.15, 0.2) is 5.75 Å². The molecular weight excluding hydrogens is 255 g/mol. The van der Waals surface area contributed by atoms with Crippen LogP contribution in [0.4, 0.5) is 13.2 Å². The number of halogens is 3. The highest BCUT2D eigenvalue weighted by molar-refractivity contribution is 5.91. The third kappa shape index (κ3) is 3.25. The molecule has 0 aliphatic rings. The lowest BCUT2D eigenvalue weighted by Crippen LogP contribution is -2.19. The molecule has 0 radical (unpaired) electrons. The summed E-state index contributed by atoms with van der Waals surface area (Å²) in [5.41, 5.74) is 0.0470. The van der Waals surface area contributed by atoms with Gasteiger partial charge >= 0.3 is 12.3 Å². The van der Waals surface area contributed by atoms with Crippen molar-refractivity contribution in [3.05, 3.63) is 17.3 Å². The number of ether oxygens (including phenoxy) is 3. The highest BCUT2D eigenvalue weighted by atomic mass is 19.4. The number of esters is 1. The summed E-state index contributed by atoms with van der Waals surface area (Å²) in [6.45, 7) is 1.36. The van der Waals surface area contributed by atoms with Gasteiger partial charge in [-0.2, -0.15) is 0 Å². The van der Waals surface area contributed by atoms with Crippen molar-refractivity contribution < 1.29 is 32.2 Å². The van der Waals surface area contributed by atoms with Gasteiger partial charge in [-0.1, -0.05) is 0 Å². The van der Waals surface area contributed by atoms with Crippen molar-refractivity contribution in [3.63, 3.8) is 0 Å². The van der Waals surface area contributed by atoms with Crippen LogP contribution in [0.15, 0.2) is 6.07 Å². The third-order valence-corrected chi connectivity index (χ3v) is 1.98. The lowest BCUT2D eigenvalue weighted by molar-refractivity contribution is -0.276. The van der Waals surface area contributed by atoms with E-state index in [9.17, 15) is 18.0 Å². The van der Waals surface area contributed by atoms with E-state index in [1.807, 2.05) is 0 Å². The Hall–Kier alpha value is -1.99. The number of aryl methyl sites for hydroxylation is 1. The minimum Gasteiger partial charge on any atom is -0.491 e. The zero-order valence-electron chi connectivity index (χ0n) is 9.79. The summed E-state index contributed by atoms with van der Waals surface area (Å²) in [4.78, 5) is 14.8. The Morgan fingerprint density at radius 3 is 2.39 bits per heavy atom. The number of carbonyl (C=O) groups excluding carboxylic acids is 1. The molecule has 100 valence electrons. The maximum absolute atomic E-state index is 12.1. The zero-order valence-corrected chi connectivity index (χ0v) is 9.79. The molecule has 0 saturated carbocycles. The number of hydrogen-bond donors (Lipinski definition) is 0. The number of aromatic nitrogens is 1. The summed E-state index contributed by atoms with van der Waals surface area (Å²) in [6, 6.07) is 1.08. The summed E-state index contributed by atoms with van der Waals surface area (Å²) in [6.07, 6.45) is -4.89. The SMILES string of the molecule is COC(=O)c1cc(OC)c(OC(F)(F)F)nc1C. The van der Waals surface area contributed by atoms with Crippen molar-refractivity contribution in [1.29, 1.82) is 0 Å². The van der Waals surface area contributed by atoms with Gasteiger partial charge in [0.05, 0.1) is 25.5 Å². The Kier molecular flexibility index (Phi) is 4.00. The molecule has 0 aliphatic carbocycles. The van der Waals surface area contributed by atoms with E-state index in [0.29, 0.717) is 0 Å². The first-order valence-electron chi connectivity index (χ1n) is 4.68. The molecule has 1 heterocycles. The molecule has 8 heteroatoms. The molecule has 1 aromatic rings. The van der Waals surface area contributed by atoms with Gasteiger partial charge in [-0.3, -0.25) is 0 Å². The van der Waals surface area contributed by atoms with E-state index in [1.54, 1.807) is 0 Å². The van der Waals surface area contributed by atoms with E-state index in [0.717, 1.165) is 20.3 Å². The Balaban J connectivity index is 3.23. The van der Waals surface area contributed by atoms with Gasteiger partial charge < -0.3 is 14.2 Å². The minimum atomic E-state index is -4.89. The van der Waals surface area contributed by atoms with Crippen LogP contribution in [0.5, 0.6) is 11.6 Å². The average molecular weight is 265 g/mol. The van der Waals surface area contributed by atoms with Crippen LogP contribution >= 0.6 is 0 Å². The highest BCUT2D eigenvalue weighted by Crippen LogP contribution is 2.31. The number of carbonyl (C=O) groups is 1. The van der Waals surface area contributed by atoms with Crippen LogP contribution in [0, 0.1) is 6.92 Å². The fourth-order valence-electron chi connectivity index (χ4n) is 1.21. The molecule has 18 heavy (non-hydrogen) atoms. The van der Waals surface area contributed by atoms with E-state index in [4.69, 9.17) is 0 Å². The molecule has 0 aliphatic heterocycles. The molecule has 0 N–H and O–H groups in total. The Labute approximate surface area is 100 Å². The lowest BCUT2D eigenvalue weighted by Gasteiger charge is -2.13. The van der Waals surface area contributed by atoms with Gasteiger partial charge in [0, 0.05) is 6.07 Å². The van der Waals surface area contributed by atoms with Crippen LogP contribution in [-0.2, 0) is 4.74 Å². The number of hydrogen-bond acceptors (Lipinski definition) is 5. The third-order valence-electron chi connectivity index (χ3n) is 1.98. The van der Waals surface area contributed by atoms with Gasteiger partial charge in [0.25, 0.3) is 5.88 Å². The second kappa shape index (κ2) is 5.11. The fourth-order valence-corrected chi connectivity index (χ4v) is 1.21. The fraction of sp³-hybridized carbons (Fsp3) is 0.400. The summed E-state index contributed by atoms with van der Waals surface area (Å²) in [5.74, 6) is -1.79. The summed E-state index contributed by atoms with van der Waals surface area (Å²) < 4.78 is 49.1. The van der Waals surface area contributed by atoms with Crippen LogP contribution in [0.2, 0.25) is 0 Å². The minimum absolute atomic E-state index is 0.00359. The van der Waals surface area contributed by atoms with Crippen molar-refractivity contribution in [1.82, 2.24) is 4.98 Å². The van der Waals surface area contributed by atoms with E-state index >= 15 is 0 Å². The zero-order chi connectivity index (χ0) is 13.9. The molecular formula is C10H10F3NO4. The second-order valence-corrected chi connectivity index (χ2v) is 3.17. The molecule has 0 spiro atoms. The first-order chi connectivity index (χ1) is 8.28. The quantitative estimate of drug-likeness (QED) is 0.783. The molecule has 0 amide bonds. The largest absolute Gasteiger partial charge is 0.574 e. The summed E-state index contributed by atoms with van der Waals surface area (Å²) in [5, 5.41) is 0.